The fourth-order valence-corrected chi connectivity index (χ4v) is 1.56. The standard InChI is InChI=1S/C11H12BrCl2NO3/c1-11(2,5-12)6-18-10-4-8(14)7(13)3-9(10)15(16)17/h3-4H,5-6H2,1-2H3. The van der Waals surface area contributed by atoms with Crippen LogP contribution >= 0.6 is 39.1 Å². The summed E-state index contributed by atoms with van der Waals surface area (Å²) in [6, 6.07) is 2.56. The summed E-state index contributed by atoms with van der Waals surface area (Å²) in [6.45, 7) is 4.28. The minimum Gasteiger partial charge on any atom is -0.486 e. The van der Waals surface area contributed by atoms with E-state index in [1.54, 1.807) is 0 Å². The summed E-state index contributed by atoms with van der Waals surface area (Å²) in [5.74, 6) is 0.128. The summed E-state index contributed by atoms with van der Waals surface area (Å²) >= 11 is 14.9. The number of nitrogens with zero attached hydrogens (tertiary/aromatic N) is 1. The number of halogens is 3. The van der Waals surface area contributed by atoms with E-state index in [1.165, 1.54) is 12.1 Å². The second-order valence-corrected chi connectivity index (χ2v) is 5.95. The lowest BCUT2D eigenvalue weighted by Crippen LogP contribution is -2.23. The lowest BCUT2D eigenvalue weighted by molar-refractivity contribution is -0.385. The molecular weight excluding hydrogens is 345 g/mol. The van der Waals surface area contributed by atoms with Crippen molar-refractivity contribution in [2.75, 3.05) is 11.9 Å². The van der Waals surface area contributed by atoms with E-state index < -0.39 is 4.92 Å². The molecule has 0 atom stereocenters. The molecule has 1 aromatic carbocycles. The van der Waals surface area contributed by atoms with Gasteiger partial charge >= 0.3 is 5.69 Å². The average molecular weight is 357 g/mol. The zero-order valence-electron chi connectivity index (χ0n) is 9.87. The van der Waals surface area contributed by atoms with E-state index in [0.717, 1.165) is 5.33 Å². The fourth-order valence-electron chi connectivity index (χ4n) is 1.09. The third-order valence-electron chi connectivity index (χ3n) is 2.18. The summed E-state index contributed by atoms with van der Waals surface area (Å²) < 4.78 is 5.48. The van der Waals surface area contributed by atoms with E-state index in [9.17, 15) is 10.1 Å². The van der Waals surface area contributed by atoms with Crippen LogP contribution < -0.4 is 4.74 Å². The molecule has 0 unspecified atom stereocenters. The first kappa shape index (κ1) is 15.5. The second kappa shape index (κ2) is 6.08. The van der Waals surface area contributed by atoms with Crippen molar-refractivity contribution in [2.24, 2.45) is 5.41 Å². The molecule has 0 aliphatic heterocycles. The first-order valence-corrected chi connectivity index (χ1v) is 6.97. The number of nitro benzene ring substituents is 1. The van der Waals surface area contributed by atoms with Crippen LogP contribution in [0.3, 0.4) is 0 Å². The number of alkyl halides is 1. The minimum atomic E-state index is -0.543. The molecule has 0 aliphatic rings. The summed E-state index contributed by atoms with van der Waals surface area (Å²) in [6.07, 6.45) is 0. The van der Waals surface area contributed by atoms with Gasteiger partial charge in [-0.3, -0.25) is 10.1 Å². The third kappa shape index (κ3) is 4.00. The number of hydrogen-bond donors (Lipinski definition) is 0. The first-order chi connectivity index (χ1) is 8.26. The zero-order chi connectivity index (χ0) is 13.9. The highest BCUT2D eigenvalue weighted by atomic mass is 79.9. The van der Waals surface area contributed by atoms with E-state index >= 15 is 0 Å². The van der Waals surface area contributed by atoms with Crippen molar-refractivity contribution in [1.82, 2.24) is 0 Å². The third-order valence-corrected chi connectivity index (χ3v) is 4.42. The summed E-state index contributed by atoms with van der Waals surface area (Å²) in [7, 11) is 0. The summed E-state index contributed by atoms with van der Waals surface area (Å²) in [5.41, 5.74) is -0.324. The Morgan fingerprint density at radius 2 is 1.94 bits per heavy atom. The smallest absolute Gasteiger partial charge is 0.312 e. The Morgan fingerprint density at radius 3 is 2.44 bits per heavy atom. The van der Waals surface area contributed by atoms with Crippen LogP contribution in [-0.4, -0.2) is 16.9 Å². The van der Waals surface area contributed by atoms with Crippen LogP contribution in [0.2, 0.25) is 10.0 Å². The molecule has 1 rings (SSSR count). The van der Waals surface area contributed by atoms with Gasteiger partial charge in [0.2, 0.25) is 0 Å². The van der Waals surface area contributed by atoms with Gasteiger partial charge in [0.05, 0.1) is 21.6 Å². The molecule has 0 spiro atoms. The molecule has 0 aromatic heterocycles. The number of benzene rings is 1. The van der Waals surface area contributed by atoms with Crippen molar-refractivity contribution in [2.45, 2.75) is 13.8 Å². The molecule has 4 nitrogen and oxygen atoms in total. The monoisotopic (exact) mass is 355 g/mol. The molecule has 1 aromatic rings. The minimum absolute atomic E-state index is 0.128. The van der Waals surface area contributed by atoms with Gasteiger partial charge in [-0.15, -0.1) is 0 Å². The van der Waals surface area contributed by atoms with Crippen molar-refractivity contribution in [3.63, 3.8) is 0 Å². The van der Waals surface area contributed by atoms with Gasteiger partial charge < -0.3 is 4.74 Å². The Morgan fingerprint density at radius 1 is 1.39 bits per heavy atom. The number of hydrogen-bond acceptors (Lipinski definition) is 3. The molecule has 0 fully saturated rings. The Kier molecular flexibility index (Phi) is 5.25. The Bertz CT molecular complexity index is 466. The van der Waals surface area contributed by atoms with Crippen LogP contribution in [0.15, 0.2) is 12.1 Å². The summed E-state index contributed by atoms with van der Waals surface area (Å²) in [5, 5.41) is 12.0. The molecule has 7 heteroatoms. The van der Waals surface area contributed by atoms with Crippen molar-refractivity contribution in [3.05, 3.63) is 32.3 Å². The highest BCUT2D eigenvalue weighted by Gasteiger charge is 2.22. The maximum atomic E-state index is 10.9. The molecule has 0 aliphatic carbocycles. The molecule has 0 heterocycles. The number of nitro groups is 1. The van der Waals surface area contributed by atoms with Gasteiger partial charge in [-0.1, -0.05) is 53.0 Å². The van der Waals surface area contributed by atoms with Crippen LogP contribution in [0, 0.1) is 15.5 Å². The Labute approximate surface area is 123 Å². The predicted octanol–water partition coefficient (Wildman–Crippen LogP) is 4.70. The number of ether oxygens (including phenoxy) is 1. The quantitative estimate of drug-likeness (QED) is 0.436. The maximum absolute atomic E-state index is 10.9. The molecule has 18 heavy (non-hydrogen) atoms. The largest absolute Gasteiger partial charge is 0.486 e. The number of rotatable bonds is 5. The molecule has 0 N–H and O–H groups in total. The Hall–Kier alpha value is -0.520. The first-order valence-electron chi connectivity index (χ1n) is 5.09. The van der Waals surface area contributed by atoms with Crippen LogP contribution in [-0.2, 0) is 0 Å². The van der Waals surface area contributed by atoms with Crippen LogP contribution in [0.1, 0.15) is 13.8 Å². The van der Waals surface area contributed by atoms with E-state index in [-0.39, 0.29) is 26.9 Å². The van der Waals surface area contributed by atoms with E-state index in [0.29, 0.717) is 6.61 Å². The highest BCUT2D eigenvalue weighted by molar-refractivity contribution is 9.09. The van der Waals surface area contributed by atoms with Crippen molar-refractivity contribution >= 4 is 44.8 Å². The predicted molar refractivity (Wildman–Crippen MR) is 76.2 cm³/mol. The van der Waals surface area contributed by atoms with Crippen molar-refractivity contribution < 1.29 is 9.66 Å². The molecular formula is C11H12BrCl2NO3. The molecule has 0 saturated carbocycles. The Balaban J connectivity index is 3.01. The lowest BCUT2D eigenvalue weighted by Gasteiger charge is -2.21. The average Bonchev–Trinajstić information content (AvgIpc) is 2.30. The molecule has 0 amide bonds. The lowest BCUT2D eigenvalue weighted by atomic mass is 9.98. The van der Waals surface area contributed by atoms with Crippen molar-refractivity contribution in [1.29, 1.82) is 0 Å². The van der Waals surface area contributed by atoms with Crippen LogP contribution in [0.25, 0.3) is 0 Å². The van der Waals surface area contributed by atoms with Gasteiger partial charge in [-0.25, -0.2) is 0 Å². The van der Waals surface area contributed by atoms with Crippen LogP contribution in [0.4, 0.5) is 5.69 Å². The van der Waals surface area contributed by atoms with E-state index in [4.69, 9.17) is 27.9 Å². The van der Waals surface area contributed by atoms with Gasteiger partial charge in [0.25, 0.3) is 0 Å². The molecule has 100 valence electrons. The molecule has 0 bridgehead atoms. The summed E-state index contributed by atoms with van der Waals surface area (Å²) in [4.78, 5) is 10.4. The van der Waals surface area contributed by atoms with Gasteiger partial charge in [-0.05, 0) is 0 Å². The van der Waals surface area contributed by atoms with Gasteiger partial charge in [0.15, 0.2) is 5.75 Å². The second-order valence-electron chi connectivity index (χ2n) is 4.58. The normalized spacial score (nSPS) is 11.4. The fraction of sp³-hybridized carbons (Fsp3) is 0.455. The van der Waals surface area contributed by atoms with Gasteiger partial charge in [0, 0.05) is 22.9 Å². The zero-order valence-corrected chi connectivity index (χ0v) is 13.0. The van der Waals surface area contributed by atoms with Crippen LogP contribution in [0.5, 0.6) is 5.75 Å². The highest BCUT2D eigenvalue weighted by Crippen LogP contribution is 2.36. The van der Waals surface area contributed by atoms with Crippen molar-refractivity contribution in [3.8, 4) is 5.75 Å². The van der Waals surface area contributed by atoms with E-state index in [2.05, 4.69) is 15.9 Å². The van der Waals surface area contributed by atoms with E-state index in [1.807, 2.05) is 13.8 Å². The SMILES string of the molecule is CC(C)(CBr)COc1cc(Cl)c(Cl)cc1[N+](=O)[O-]. The topological polar surface area (TPSA) is 52.4 Å². The van der Waals surface area contributed by atoms with Gasteiger partial charge in [0.1, 0.15) is 0 Å². The maximum Gasteiger partial charge on any atom is 0.312 e. The molecule has 0 radical (unpaired) electrons. The molecule has 0 saturated heterocycles. The van der Waals surface area contributed by atoms with Gasteiger partial charge in [-0.2, -0.15) is 0 Å².